The van der Waals surface area contributed by atoms with Crippen LogP contribution in [0.15, 0.2) is 24.3 Å². The number of hydrogen-bond acceptors (Lipinski definition) is 4. The lowest BCUT2D eigenvalue weighted by atomic mass is 10.1. The Morgan fingerprint density at radius 2 is 2.18 bits per heavy atom. The molecule has 0 aliphatic carbocycles. The second kappa shape index (κ2) is 7.61. The van der Waals surface area contributed by atoms with E-state index in [0.29, 0.717) is 25.3 Å². The summed E-state index contributed by atoms with van der Waals surface area (Å²) in [6, 6.07) is 7.33. The summed E-state index contributed by atoms with van der Waals surface area (Å²) in [6.45, 7) is 5.40. The number of H-pyrrole nitrogens is 1. The molecule has 0 saturated heterocycles. The number of nitrogens with zero attached hydrogens (tertiary/aromatic N) is 1. The van der Waals surface area contributed by atoms with Crippen LogP contribution in [0.2, 0.25) is 0 Å². The number of amides is 1. The average Bonchev–Trinajstić information content (AvgIpc) is 2.92. The van der Waals surface area contributed by atoms with Gasteiger partial charge in [-0.15, -0.1) is 0 Å². The summed E-state index contributed by atoms with van der Waals surface area (Å²) >= 11 is 0. The molecule has 0 aliphatic rings. The van der Waals surface area contributed by atoms with Gasteiger partial charge in [0.15, 0.2) is 0 Å². The fourth-order valence-corrected chi connectivity index (χ4v) is 2.00. The van der Waals surface area contributed by atoms with Crippen LogP contribution in [0.4, 0.5) is 0 Å². The van der Waals surface area contributed by atoms with Gasteiger partial charge in [0.1, 0.15) is 5.75 Å². The van der Waals surface area contributed by atoms with Gasteiger partial charge in [0.05, 0.1) is 18.8 Å². The summed E-state index contributed by atoms with van der Waals surface area (Å²) in [4.78, 5) is 12.2. The van der Waals surface area contributed by atoms with E-state index in [1.807, 2.05) is 26.0 Å². The Balaban J connectivity index is 1.98. The number of rotatable bonds is 7. The van der Waals surface area contributed by atoms with Gasteiger partial charge in [-0.05, 0) is 50.6 Å². The maximum Gasteiger partial charge on any atom is 0.251 e. The van der Waals surface area contributed by atoms with Crippen LogP contribution in [0.25, 0.3) is 0 Å². The van der Waals surface area contributed by atoms with Crippen LogP contribution in [-0.4, -0.2) is 29.3 Å². The SMILES string of the molecule is Cc1cc(CNC(=O)c2ccc(C)c(OCCCN)c2)n[nH]1. The van der Waals surface area contributed by atoms with Crippen molar-refractivity contribution in [2.45, 2.75) is 26.8 Å². The maximum absolute atomic E-state index is 12.2. The molecule has 2 aromatic rings. The van der Waals surface area contributed by atoms with Crippen molar-refractivity contribution in [1.82, 2.24) is 15.5 Å². The van der Waals surface area contributed by atoms with Crippen molar-refractivity contribution < 1.29 is 9.53 Å². The maximum atomic E-state index is 12.2. The topological polar surface area (TPSA) is 93.0 Å². The fraction of sp³-hybridized carbons (Fsp3) is 0.375. The highest BCUT2D eigenvalue weighted by Gasteiger charge is 2.09. The lowest BCUT2D eigenvalue weighted by molar-refractivity contribution is 0.0950. The van der Waals surface area contributed by atoms with Crippen molar-refractivity contribution in [3.63, 3.8) is 0 Å². The molecule has 0 aliphatic heterocycles. The highest BCUT2D eigenvalue weighted by atomic mass is 16.5. The van der Waals surface area contributed by atoms with Crippen LogP contribution < -0.4 is 15.8 Å². The smallest absolute Gasteiger partial charge is 0.251 e. The van der Waals surface area contributed by atoms with Crippen LogP contribution in [0, 0.1) is 13.8 Å². The minimum Gasteiger partial charge on any atom is -0.493 e. The first-order valence-electron chi connectivity index (χ1n) is 7.32. The molecule has 1 amide bonds. The number of benzene rings is 1. The summed E-state index contributed by atoms with van der Waals surface area (Å²) in [5, 5.41) is 9.78. The molecule has 6 heteroatoms. The van der Waals surface area contributed by atoms with Gasteiger partial charge >= 0.3 is 0 Å². The van der Waals surface area contributed by atoms with Crippen LogP contribution in [-0.2, 0) is 6.54 Å². The van der Waals surface area contributed by atoms with E-state index in [9.17, 15) is 4.79 Å². The van der Waals surface area contributed by atoms with Crippen LogP contribution in [0.5, 0.6) is 5.75 Å². The number of aromatic nitrogens is 2. The molecule has 0 spiro atoms. The van der Waals surface area contributed by atoms with Gasteiger partial charge < -0.3 is 15.8 Å². The molecular formula is C16H22N4O2. The molecule has 1 aromatic heterocycles. The standard InChI is InChI=1S/C16H22N4O2/c1-11-4-5-13(9-15(11)22-7-3-6-17)16(21)18-10-14-8-12(2)19-20-14/h4-5,8-9H,3,6-7,10,17H2,1-2H3,(H,18,21)(H,19,20). The van der Waals surface area contributed by atoms with Gasteiger partial charge in [-0.1, -0.05) is 6.07 Å². The third-order valence-electron chi connectivity index (χ3n) is 3.25. The zero-order valence-electron chi connectivity index (χ0n) is 13.0. The number of nitrogens with two attached hydrogens (primary N) is 1. The summed E-state index contributed by atoms with van der Waals surface area (Å²) in [5.41, 5.74) is 8.79. The molecule has 2 rings (SSSR count). The predicted molar refractivity (Wildman–Crippen MR) is 84.8 cm³/mol. The Hall–Kier alpha value is -2.34. The highest BCUT2D eigenvalue weighted by Crippen LogP contribution is 2.19. The number of hydrogen-bond donors (Lipinski definition) is 3. The largest absolute Gasteiger partial charge is 0.493 e. The van der Waals surface area contributed by atoms with Crippen molar-refractivity contribution in [3.05, 3.63) is 46.8 Å². The zero-order valence-corrected chi connectivity index (χ0v) is 13.0. The van der Waals surface area contributed by atoms with E-state index in [1.54, 1.807) is 12.1 Å². The molecule has 1 heterocycles. The quantitative estimate of drug-likeness (QED) is 0.678. The molecular weight excluding hydrogens is 280 g/mol. The number of aryl methyl sites for hydroxylation is 2. The van der Waals surface area contributed by atoms with Crippen molar-refractivity contribution in [3.8, 4) is 5.75 Å². The summed E-state index contributed by atoms with van der Waals surface area (Å²) < 4.78 is 5.66. The first-order chi connectivity index (χ1) is 10.6. The Kier molecular flexibility index (Phi) is 5.55. The Morgan fingerprint density at radius 1 is 1.36 bits per heavy atom. The molecule has 0 bridgehead atoms. The summed E-state index contributed by atoms with van der Waals surface area (Å²) in [6.07, 6.45) is 0.786. The van der Waals surface area contributed by atoms with Gasteiger partial charge in [0, 0.05) is 11.3 Å². The van der Waals surface area contributed by atoms with E-state index in [2.05, 4.69) is 15.5 Å². The number of carbonyl (C=O) groups is 1. The van der Waals surface area contributed by atoms with Crippen LogP contribution in [0.1, 0.15) is 33.7 Å². The monoisotopic (exact) mass is 302 g/mol. The van der Waals surface area contributed by atoms with E-state index in [-0.39, 0.29) is 5.91 Å². The summed E-state index contributed by atoms with van der Waals surface area (Å²) in [5.74, 6) is 0.570. The van der Waals surface area contributed by atoms with Crippen molar-refractivity contribution in [1.29, 1.82) is 0 Å². The molecule has 4 N–H and O–H groups in total. The molecule has 22 heavy (non-hydrogen) atoms. The number of aromatic amines is 1. The molecule has 0 unspecified atom stereocenters. The fourth-order valence-electron chi connectivity index (χ4n) is 2.00. The molecule has 118 valence electrons. The Labute approximate surface area is 130 Å². The van der Waals surface area contributed by atoms with Crippen LogP contribution >= 0.6 is 0 Å². The molecule has 0 radical (unpaired) electrons. The Bertz CT molecular complexity index is 637. The van der Waals surface area contributed by atoms with E-state index < -0.39 is 0 Å². The number of carbonyl (C=O) groups excluding carboxylic acids is 1. The molecule has 6 nitrogen and oxygen atoms in total. The molecule has 0 atom stereocenters. The van der Waals surface area contributed by atoms with Crippen molar-refractivity contribution in [2.24, 2.45) is 5.73 Å². The highest BCUT2D eigenvalue weighted by molar-refractivity contribution is 5.94. The molecule has 1 aromatic carbocycles. The third kappa shape index (κ3) is 4.33. The zero-order chi connectivity index (χ0) is 15.9. The second-order valence-electron chi connectivity index (χ2n) is 5.20. The van der Waals surface area contributed by atoms with Gasteiger partial charge in [-0.3, -0.25) is 9.89 Å². The normalized spacial score (nSPS) is 10.5. The molecule has 0 saturated carbocycles. The molecule has 0 fully saturated rings. The van der Waals surface area contributed by atoms with E-state index in [4.69, 9.17) is 10.5 Å². The van der Waals surface area contributed by atoms with E-state index >= 15 is 0 Å². The number of nitrogens with one attached hydrogen (secondary N) is 2. The average molecular weight is 302 g/mol. The second-order valence-corrected chi connectivity index (χ2v) is 5.20. The summed E-state index contributed by atoms with van der Waals surface area (Å²) in [7, 11) is 0. The van der Waals surface area contributed by atoms with E-state index in [1.165, 1.54) is 0 Å². The Morgan fingerprint density at radius 3 is 2.86 bits per heavy atom. The van der Waals surface area contributed by atoms with Crippen molar-refractivity contribution in [2.75, 3.05) is 13.2 Å². The van der Waals surface area contributed by atoms with E-state index in [0.717, 1.165) is 29.1 Å². The van der Waals surface area contributed by atoms with Gasteiger partial charge in [0.25, 0.3) is 5.91 Å². The first-order valence-corrected chi connectivity index (χ1v) is 7.32. The van der Waals surface area contributed by atoms with Crippen molar-refractivity contribution >= 4 is 5.91 Å². The lowest BCUT2D eigenvalue weighted by Crippen LogP contribution is -2.23. The predicted octanol–water partition coefficient (Wildman–Crippen LogP) is 1.68. The number of ether oxygens (including phenoxy) is 1. The first kappa shape index (κ1) is 16.0. The third-order valence-corrected chi connectivity index (χ3v) is 3.25. The van der Waals surface area contributed by atoms with Crippen LogP contribution in [0.3, 0.4) is 0 Å². The van der Waals surface area contributed by atoms with Gasteiger partial charge in [0.2, 0.25) is 0 Å². The lowest BCUT2D eigenvalue weighted by Gasteiger charge is -2.10. The van der Waals surface area contributed by atoms with Gasteiger partial charge in [-0.2, -0.15) is 5.10 Å². The minimum absolute atomic E-state index is 0.149. The van der Waals surface area contributed by atoms with Gasteiger partial charge in [-0.25, -0.2) is 0 Å². The minimum atomic E-state index is -0.149.